The van der Waals surface area contributed by atoms with Crippen LogP contribution in [0.3, 0.4) is 0 Å². The smallest absolute Gasteiger partial charge is 0.408 e. The van der Waals surface area contributed by atoms with E-state index in [0.29, 0.717) is 12.8 Å². The average molecular weight is 800 g/mol. The Morgan fingerprint density at radius 3 is 1.22 bits per heavy atom. The normalized spacial score (nSPS) is 14.8. The lowest BCUT2D eigenvalue weighted by molar-refractivity contribution is -0.147. The van der Waals surface area contributed by atoms with Crippen molar-refractivity contribution in [3.05, 3.63) is 108 Å². The van der Waals surface area contributed by atoms with Crippen molar-refractivity contribution < 1.29 is 38.2 Å². The third-order valence-corrected chi connectivity index (χ3v) is 9.88. The number of hydrogen-bond donors (Lipinski definition) is 5. The molecule has 0 heterocycles. The minimum atomic E-state index is -1.19. The molecule has 5 N–H and O–H groups in total. The second-order valence-electron chi connectivity index (χ2n) is 15.7. The largest absolute Gasteiger partial charge is 0.467 e. The monoisotopic (exact) mass is 799 g/mol. The summed E-state index contributed by atoms with van der Waals surface area (Å²) in [5.74, 6) is -3.66. The number of nitrogens with one attached hydrogen (secondary N) is 5. The molecular formula is C45H61N5O8. The second-order valence-corrected chi connectivity index (χ2v) is 15.7. The standard InChI is InChI=1S/C45H61N5O8/c1-9-29(3)37(42(54)50-38(30(4)10-2)43(55)57-8)49-41(53)35(27-32-22-16-12-17-23-32)47-39(51)34(26-31-20-14-11-15-21-31)46-40(52)36(28-33-24-18-13-19-25-33)48-44(56)58-45(5,6)7/h11-25,29-30,34-38H,9-10,26-28H2,1-8H3,(H,46,52)(H,47,51)(H,48,56)(H,49,53)(H,50,54)/t29-,30-,34-,35-,36-,37-,38-/m0/s1. The number of rotatable bonds is 20. The summed E-state index contributed by atoms with van der Waals surface area (Å²) < 4.78 is 10.4. The molecule has 0 radical (unpaired) electrons. The maximum absolute atomic E-state index is 14.4. The van der Waals surface area contributed by atoms with Crippen molar-refractivity contribution >= 4 is 35.7 Å². The molecule has 0 aliphatic carbocycles. The summed E-state index contributed by atoms with van der Waals surface area (Å²) >= 11 is 0. The Morgan fingerprint density at radius 1 is 0.517 bits per heavy atom. The number of benzene rings is 3. The van der Waals surface area contributed by atoms with Crippen LogP contribution in [0.1, 0.15) is 78.0 Å². The van der Waals surface area contributed by atoms with Gasteiger partial charge in [-0.15, -0.1) is 0 Å². The number of methoxy groups -OCH3 is 1. The first kappa shape index (κ1) is 46.7. The zero-order valence-corrected chi connectivity index (χ0v) is 35.0. The molecular weight excluding hydrogens is 739 g/mol. The van der Waals surface area contributed by atoms with Gasteiger partial charge in [0.05, 0.1) is 7.11 Å². The Morgan fingerprint density at radius 2 is 0.862 bits per heavy atom. The molecule has 58 heavy (non-hydrogen) atoms. The Kier molecular flexibility index (Phi) is 18.4. The molecule has 0 aliphatic heterocycles. The molecule has 0 spiro atoms. The topological polar surface area (TPSA) is 181 Å². The SMILES string of the molecule is CC[C@H](C)[C@H](NC(=O)[C@H](Cc1ccccc1)NC(=O)[C@H](Cc1ccccc1)NC(=O)[C@H](Cc1ccccc1)NC(=O)OC(C)(C)C)C(=O)N[C@H](C(=O)OC)[C@@H](C)CC. The summed E-state index contributed by atoms with van der Waals surface area (Å²) in [7, 11) is 1.25. The van der Waals surface area contributed by atoms with Gasteiger partial charge in [-0.1, -0.05) is 132 Å². The second kappa shape index (κ2) is 22.9. The first-order chi connectivity index (χ1) is 27.5. The Labute approximate surface area is 342 Å². The van der Waals surface area contributed by atoms with E-state index in [0.717, 1.165) is 16.7 Å². The summed E-state index contributed by atoms with van der Waals surface area (Å²) in [6.45, 7) is 12.6. The quantitative estimate of drug-likeness (QED) is 0.101. The van der Waals surface area contributed by atoms with Crippen molar-refractivity contribution in [1.82, 2.24) is 26.6 Å². The maximum atomic E-state index is 14.4. The van der Waals surface area contributed by atoms with E-state index in [4.69, 9.17) is 9.47 Å². The predicted molar refractivity (Wildman–Crippen MR) is 222 cm³/mol. The fraction of sp³-hybridized carbons (Fsp3) is 0.467. The van der Waals surface area contributed by atoms with Gasteiger partial charge < -0.3 is 36.1 Å². The third kappa shape index (κ3) is 15.3. The first-order valence-corrected chi connectivity index (χ1v) is 20.0. The number of carbonyl (C=O) groups excluding carboxylic acids is 6. The van der Waals surface area contributed by atoms with Crippen molar-refractivity contribution in [2.45, 2.75) is 116 Å². The van der Waals surface area contributed by atoms with E-state index in [2.05, 4.69) is 26.6 Å². The number of esters is 1. The minimum absolute atomic E-state index is 0.0605. The molecule has 314 valence electrons. The summed E-state index contributed by atoms with van der Waals surface area (Å²) in [6, 6.07) is 21.8. The zero-order valence-electron chi connectivity index (χ0n) is 35.0. The Bertz CT molecular complexity index is 1780. The molecule has 0 unspecified atom stereocenters. The van der Waals surface area contributed by atoms with Crippen LogP contribution >= 0.6 is 0 Å². The molecule has 0 aromatic heterocycles. The summed E-state index contributed by atoms with van der Waals surface area (Å²) in [5, 5.41) is 14.0. The summed E-state index contributed by atoms with van der Waals surface area (Å²) in [6.07, 6.45) is 0.550. The molecule has 0 saturated heterocycles. The van der Waals surface area contributed by atoms with Crippen LogP contribution < -0.4 is 26.6 Å². The number of carbonyl (C=O) groups is 6. The fourth-order valence-corrected chi connectivity index (χ4v) is 6.17. The van der Waals surface area contributed by atoms with Crippen molar-refractivity contribution in [2.24, 2.45) is 11.8 Å². The van der Waals surface area contributed by atoms with E-state index in [1.54, 1.807) is 20.8 Å². The highest BCUT2D eigenvalue weighted by molar-refractivity contribution is 5.96. The number of amides is 5. The van der Waals surface area contributed by atoms with E-state index < -0.39 is 71.5 Å². The number of ether oxygens (including phenoxy) is 2. The molecule has 5 amide bonds. The van der Waals surface area contributed by atoms with E-state index in [9.17, 15) is 28.8 Å². The summed E-state index contributed by atoms with van der Waals surface area (Å²) in [4.78, 5) is 82.2. The third-order valence-electron chi connectivity index (χ3n) is 9.88. The highest BCUT2D eigenvalue weighted by Crippen LogP contribution is 2.15. The Hall–Kier alpha value is -5.72. The van der Waals surface area contributed by atoms with Gasteiger partial charge in [0.25, 0.3) is 0 Å². The maximum Gasteiger partial charge on any atom is 0.408 e. The molecule has 0 saturated carbocycles. The van der Waals surface area contributed by atoms with Gasteiger partial charge in [0.2, 0.25) is 23.6 Å². The molecule has 3 aromatic rings. The van der Waals surface area contributed by atoms with E-state index in [-0.39, 0.29) is 31.1 Å². The van der Waals surface area contributed by atoms with E-state index in [1.165, 1.54) is 7.11 Å². The van der Waals surface area contributed by atoms with Crippen LogP contribution in [0.15, 0.2) is 91.0 Å². The molecule has 13 heteroatoms. The predicted octanol–water partition coefficient (Wildman–Crippen LogP) is 4.81. The first-order valence-electron chi connectivity index (χ1n) is 20.0. The van der Waals surface area contributed by atoms with Crippen molar-refractivity contribution in [3.8, 4) is 0 Å². The van der Waals surface area contributed by atoms with Crippen LogP contribution in [-0.4, -0.2) is 78.6 Å². The van der Waals surface area contributed by atoms with Crippen LogP contribution in [0.4, 0.5) is 4.79 Å². The van der Waals surface area contributed by atoms with Gasteiger partial charge in [0.15, 0.2) is 0 Å². The van der Waals surface area contributed by atoms with Gasteiger partial charge >= 0.3 is 12.1 Å². The molecule has 13 nitrogen and oxygen atoms in total. The summed E-state index contributed by atoms with van der Waals surface area (Å²) in [5.41, 5.74) is 1.42. The van der Waals surface area contributed by atoms with Gasteiger partial charge in [-0.3, -0.25) is 19.2 Å². The number of hydrogen-bond acceptors (Lipinski definition) is 8. The van der Waals surface area contributed by atoms with Gasteiger partial charge in [-0.05, 0) is 49.3 Å². The lowest BCUT2D eigenvalue weighted by Crippen LogP contribution is -2.61. The van der Waals surface area contributed by atoms with Gasteiger partial charge in [-0.2, -0.15) is 0 Å². The number of alkyl carbamates (subject to hydrolysis) is 1. The van der Waals surface area contributed by atoms with Gasteiger partial charge in [-0.25, -0.2) is 9.59 Å². The average Bonchev–Trinajstić information content (AvgIpc) is 3.20. The van der Waals surface area contributed by atoms with Crippen molar-refractivity contribution in [1.29, 1.82) is 0 Å². The van der Waals surface area contributed by atoms with E-state index in [1.807, 2.05) is 119 Å². The minimum Gasteiger partial charge on any atom is -0.467 e. The van der Waals surface area contributed by atoms with Crippen molar-refractivity contribution in [3.63, 3.8) is 0 Å². The van der Waals surface area contributed by atoms with Crippen LogP contribution in [-0.2, 0) is 52.7 Å². The van der Waals surface area contributed by atoms with Crippen LogP contribution in [0.25, 0.3) is 0 Å². The molecule has 0 fully saturated rings. The van der Waals surface area contributed by atoms with Crippen LogP contribution in [0, 0.1) is 11.8 Å². The lowest BCUT2D eigenvalue weighted by Gasteiger charge is -2.30. The molecule has 0 aliphatic rings. The molecule has 3 rings (SSSR count). The van der Waals surface area contributed by atoms with Crippen LogP contribution in [0.5, 0.6) is 0 Å². The van der Waals surface area contributed by atoms with Crippen molar-refractivity contribution in [2.75, 3.05) is 7.11 Å². The lowest BCUT2D eigenvalue weighted by atomic mass is 9.94. The highest BCUT2D eigenvalue weighted by Gasteiger charge is 2.36. The highest BCUT2D eigenvalue weighted by atomic mass is 16.6. The Balaban J connectivity index is 1.96. The van der Waals surface area contributed by atoms with E-state index >= 15 is 0 Å². The van der Waals surface area contributed by atoms with Gasteiger partial charge in [0, 0.05) is 19.3 Å². The fourth-order valence-electron chi connectivity index (χ4n) is 6.17. The molecule has 0 bridgehead atoms. The van der Waals surface area contributed by atoms with Crippen LogP contribution in [0.2, 0.25) is 0 Å². The zero-order chi connectivity index (χ0) is 42.8. The molecule has 3 aromatic carbocycles. The van der Waals surface area contributed by atoms with Gasteiger partial charge in [0.1, 0.15) is 35.8 Å². The molecule has 7 atom stereocenters.